The Labute approximate surface area is 256 Å². The van der Waals surface area contributed by atoms with Crippen LogP contribution >= 0.6 is 0 Å². The molecule has 2 aromatic heterocycles. The highest BCUT2D eigenvalue weighted by atomic mass is 16.5. The van der Waals surface area contributed by atoms with Crippen molar-refractivity contribution in [1.29, 1.82) is 0 Å². The third-order valence-corrected chi connectivity index (χ3v) is 8.09. The van der Waals surface area contributed by atoms with Crippen molar-refractivity contribution in [3.05, 3.63) is 96.7 Å². The fourth-order valence-electron chi connectivity index (χ4n) is 5.78. The van der Waals surface area contributed by atoms with Gasteiger partial charge in [0.2, 0.25) is 5.91 Å². The van der Waals surface area contributed by atoms with Gasteiger partial charge in [0.25, 0.3) is 0 Å². The number of benzene rings is 3. The third kappa shape index (κ3) is 6.22. The van der Waals surface area contributed by atoms with Crippen LogP contribution in [0.1, 0.15) is 5.56 Å². The number of fused-ring (bicyclic) bond motifs is 1. The second-order valence-corrected chi connectivity index (χ2v) is 11.0. The lowest BCUT2D eigenvalue weighted by Gasteiger charge is -2.28. The average Bonchev–Trinajstić information content (AvgIpc) is 3.44. The molecule has 224 valence electrons. The summed E-state index contributed by atoms with van der Waals surface area (Å²) in [5.41, 5.74) is 5.94. The summed E-state index contributed by atoms with van der Waals surface area (Å²) in [6, 6.07) is 28.2. The summed E-state index contributed by atoms with van der Waals surface area (Å²) in [5, 5.41) is 16.3. The number of rotatable bonds is 8. The smallest absolute Gasteiger partial charge is 0.228 e. The van der Waals surface area contributed by atoms with Crippen LogP contribution in [0.4, 0.5) is 28.6 Å². The molecule has 0 aliphatic carbocycles. The van der Waals surface area contributed by atoms with Gasteiger partial charge in [-0.1, -0.05) is 18.2 Å². The Hall–Kier alpha value is -4.93. The molecule has 10 nitrogen and oxygen atoms in total. The number of carbonyl (C=O) groups is 1. The van der Waals surface area contributed by atoms with E-state index >= 15 is 0 Å². The van der Waals surface area contributed by atoms with Crippen molar-refractivity contribution in [2.45, 2.75) is 6.42 Å². The largest absolute Gasteiger partial charge is 0.378 e. The molecule has 0 spiro atoms. The highest BCUT2D eigenvalue weighted by molar-refractivity contribution is 5.96. The number of para-hydroxylation sites is 1. The van der Waals surface area contributed by atoms with Gasteiger partial charge in [0, 0.05) is 60.5 Å². The zero-order valence-electron chi connectivity index (χ0n) is 24.5. The van der Waals surface area contributed by atoms with E-state index in [4.69, 9.17) is 9.47 Å². The molecule has 4 heterocycles. The van der Waals surface area contributed by atoms with Crippen LogP contribution < -0.4 is 20.4 Å². The number of hydrogen-bond acceptors (Lipinski definition) is 8. The molecule has 1 amide bonds. The Balaban J connectivity index is 1.02. The Bertz CT molecular complexity index is 1710. The van der Waals surface area contributed by atoms with E-state index in [2.05, 4.69) is 54.9 Å². The van der Waals surface area contributed by atoms with Crippen molar-refractivity contribution in [2.75, 3.05) is 73.0 Å². The predicted octanol–water partition coefficient (Wildman–Crippen LogP) is 5.02. The zero-order chi connectivity index (χ0) is 29.7. The van der Waals surface area contributed by atoms with Gasteiger partial charge < -0.3 is 29.9 Å². The van der Waals surface area contributed by atoms with Crippen molar-refractivity contribution < 1.29 is 14.3 Å². The van der Waals surface area contributed by atoms with E-state index in [1.54, 1.807) is 0 Å². The number of anilines is 5. The van der Waals surface area contributed by atoms with Crippen molar-refractivity contribution in [2.24, 2.45) is 0 Å². The summed E-state index contributed by atoms with van der Waals surface area (Å²) >= 11 is 0. The van der Waals surface area contributed by atoms with E-state index in [1.807, 2.05) is 71.4 Å². The van der Waals surface area contributed by atoms with Gasteiger partial charge in [-0.25, -0.2) is 0 Å². The normalized spacial score (nSPS) is 15.4. The SMILES string of the molecule is O=C(Cc1cn(-c2ccc(Nc3ccc(N4CCOCC4)cc3)nn2)c2ccccc12)Nc1ccc(N2CCOCC2)cc1. The van der Waals surface area contributed by atoms with Gasteiger partial charge in [0.15, 0.2) is 11.6 Å². The molecule has 7 rings (SSSR count). The van der Waals surface area contributed by atoms with Gasteiger partial charge in [-0.2, -0.15) is 0 Å². The number of hydrogen-bond donors (Lipinski definition) is 2. The van der Waals surface area contributed by atoms with Crippen LogP contribution in [-0.4, -0.2) is 73.3 Å². The predicted molar refractivity (Wildman–Crippen MR) is 173 cm³/mol. The monoisotopic (exact) mass is 589 g/mol. The second kappa shape index (κ2) is 12.7. The van der Waals surface area contributed by atoms with Gasteiger partial charge in [0.1, 0.15) is 0 Å². The Morgan fingerprint density at radius 2 is 1.32 bits per heavy atom. The number of carbonyl (C=O) groups excluding carboxylic acids is 1. The van der Waals surface area contributed by atoms with Gasteiger partial charge in [-0.05, 0) is 72.3 Å². The quantitative estimate of drug-likeness (QED) is 0.261. The summed E-state index contributed by atoms with van der Waals surface area (Å²) in [5.74, 6) is 1.26. The van der Waals surface area contributed by atoms with Crippen LogP contribution in [0.2, 0.25) is 0 Å². The molecule has 2 N–H and O–H groups in total. The maximum Gasteiger partial charge on any atom is 0.228 e. The summed E-state index contributed by atoms with van der Waals surface area (Å²) in [6.45, 7) is 6.57. The number of nitrogens with zero attached hydrogens (tertiary/aromatic N) is 5. The Kier molecular flexibility index (Phi) is 8.07. The van der Waals surface area contributed by atoms with E-state index in [-0.39, 0.29) is 12.3 Å². The summed E-state index contributed by atoms with van der Waals surface area (Å²) in [6.07, 6.45) is 2.22. The number of aromatic nitrogens is 3. The molecule has 44 heavy (non-hydrogen) atoms. The molecule has 5 aromatic rings. The van der Waals surface area contributed by atoms with Crippen molar-refractivity contribution >= 4 is 45.4 Å². The van der Waals surface area contributed by atoms with Gasteiger partial charge in [0.05, 0.1) is 38.4 Å². The molecule has 2 aliphatic rings. The van der Waals surface area contributed by atoms with E-state index in [0.29, 0.717) is 11.6 Å². The lowest BCUT2D eigenvalue weighted by Crippen LogP contribution is -2.36. The highest BCUT2D eigenvalue weighted by Gasteiger charge is 2.16. The molecule has 10 heteroatoms. The third-order valence-electron chi connectivity index (χ3n) is 8.09. The second-order valence-electron chi connectivity index (χ2n) is 11.0. The minimum Gasteiger partial charge on any atom is -0.378 e. The van der Waals surface area contributed by atoms with Crippen molar-refractivity contribution in [3.63, 3.8) is 0 Å². The van der Waals surface area contributed by atoms with Crippen LogP contribution in [0.3, 0.4) is 0 Å². The van der Waals surface area contributed by atoms with E-state index in [9.17, 15) is 4.79 Å². The first-order chi connectivity index (χ1) is 21.7. The van der Waals surface area contributed by atoms with Crippen LogP contribution in [-0.2, 0) is 20.7 Å². The molecule has 0 saturated carbocycles. The molecule has 2 aliphatic heterocycles. The zero-order valence-corrected chi connectivity index (χ0v) is 24.5. The molecule has 3 aromatic carbocycles. The maximum atomic E-state index is 13.1. The molecule has 0 atom stereocenters. The van der Waals surface area contributed by atoms with Crippen molar-refractivity contribution in [1.82, 2.24) is 14.8 Å². The standard InChI is InChI=1S/C34H35N7O3/c42-34(36-27-7-11-29(12-8-27)40-17-21-44-22-18-40)23-25-24-41(31-4-2-1-3-30(25)31)33-14-13-32(37-38-33)35-26-5-9-28(10-6-26)39-15-19-43-20-16-39/h1-14,24H,15-23H2,(H,35,37)(H,36,42). The molecular weight excluding hydrogens is 554 g/mol. The number of morpholine rings is 2. The van der Waals surface area contributed by atoms with E-state index in [1.165, 1.54) is 5.69 Å². The lowest BCUT2D eigenvalue weighted by molar-refractivity contribution is -0.115. The molecule has 2 fully saturated rings. The summed E-state index contributed by atoms with van der Waals surface area (Å²) in [4.78, 5) is 17.7. The fraction of sp³-hybridized carbons (Fsp3) is 0.265. The van der Waals surface area contributed by atoms with E-state index in [0.717, 1.165) is 86.1 Å². The first kappa shape index (κ1) is 27.9. The highest BCUT2D eigenvalue weighted by Crippen LogP contribution is 2.26. The minimum atomic E-state index is -0.0719. The first-order valence-electron chi connectivity index (χ1n) is 15.1. The number of ether oxygens (including phenoxy) is 2. The maximum absolute atomic E-state index is 13.1. The molecular formula is C34H35N7O3. The number of nitrogens with one attached hydrogen (secondary N) is 2. The van der Waals surface area contributed by atoms with Crippen LogP contribution in [0.5, 0.6) is 0 Å². The molecule has 0 radical (unpaired) electrons. The molecule has 0 bridgehead atoms. The van der Waals surface area contributed by atoms with Gasteiger partial charge >= 0.3 is 0 Å². The summed E-state index contributed by atoms with van der Waals surface area (Å²) < 4.78 is 12.9. The summed E-state index contributed by atoms with van der Waals surface area (Å²) in [7, 11) is 0. The van der Waals surface area contributed by atoms with Crippen LogP contribution in [0, 0.1) is 0 Å². The van der Waals surface area contributed by atoms with Crippen LogP contribution in [0.15, 0.2) is 91.1 Å². The number of amides is 1. The van der Waals surface area contributed by atoms with Crippen LogP contribution in [0.25, 0.3) is 16.7 Å². The average molecular weight is 590 g/mol. The minimum absolute atomic E-state index is 0.0719. The van der Waals surface area contributed by atoms with Gasteiger partial charge in [-0.3, -0.25) is 9.36 Å². The topological polar surface area (TPSA) is 96.8 Å². The molecule has 2 saturated heterocycles. The van der Waals surface area contributed by atoms with E-state index < -0.39 is 0 Å². The first-order valence-corrected chi connectivity index (χ1v) is 15.1. The Morgan fingerprint density at radius 3 is 1.93 bits per heavy atom. The fourth-order valence-corrected chi connectivity index (χ4v) is 5.78. The van der Waals surface area contributed by atoms with Gasteiger partial charge in [-0.15, -0.1) is 10.2 Å². The molecule has 0 unspecified atom stereocenters. The lowest BCUT2D eigenvalue weighted by atomic mass is 10.1. The van der Waals surface area contributed by atoms with Crippen molar-refractivity contribution in [3.8, 4) is 5.82 Å². The Morgan fingerprint density at radius 1 is 0.705 bits per heavy atom.